The Morgan fingerprint density at radius 3 is 2.49 bits per heavy atom. The third-order valence-corrected chi connectivity index (χ3v) is 8.50. The Morgan fingerprint density at radius 1 is 1.00 bits per heavy atom. The maximum absolute atomic E-state index is 13.1. The number of rotatable bonds is 4. The number of benzene rings is 2. The first kappa shape index (κ1) is 24.5. The van der Waals surface area contributed by atoms with Crippen molar-refractivity contribution in [1.29, 1.82) is 0 Å². The molecule has 2 fully saturated rings. The number of aliphatic hydroxyl groups excluding tert-OH is 1. The molecule has 7 nitrogen and oxygen atoms in total. The van der Waals surface area contributed by atoms with Crippen LogP contribution in [0.15, 0.2) is 40.9 Å². The number of aryl methyl sites for hydroxylation is 2. The minimum atomic E-state index is -0.263. The van der Waals surface area contributed by atoms with Gasteiger partial charge < -0.3 is 19.1 Å². The Morgan fingerprint density at radius 2 is 1.78 bits per heavy atom. The predicted octanol–water partition coefficient (Wildman–Crippen LogP) is 6.96. The van der Waals surface area contributed by atoms with Crippen LogP contribution in [0.5, 0.6) is 0 Å². The normalized spacial score (nSPS) is 22.4. The molecule has 1 atom stereocenters. The van der Waals surface area contributed by atoms with E-state index >= 15 is 0 Å². The first-order valence-electron chi connectivity index (χ1n) is 12.7. The number of fused-ring (bicyclic) bond motifs is 1. The molecular weight excluding hydrogens is 511 g/mol. The van der Waals surface area contributed by atoms with E-state index in [2.05, 4.69) is 27.9 Å². The number of halogens is 2. The van der Waals surface area contributed by atoms with E-state index in [1.807, 2.05) is 24.8 Å². The van der Waals surface area contributed by atoms with Crippen LogP contribution in [0, 0.1) is 13.8 Å². The molecule has 2 aromatic carbocycles. The van der Waals surface area contributed by atoms with Gasteiger partial charge in [-0.25, -0.2) is 4.98 Å². The van der Waals surface area contributed by atoms with Gasteiger partial charge in [0.1, 0.15) is 11.6 Å². The molecule has 0 spiro atoms. The molecule has 2 aromatic heterocycles. The summed E-state index contributed by atoms with van der Waals surface area (Å²) in [6.45, 7) is 3.85. The van der Waals surface area contributed by atoms with Crippen molar-refractivity contribution in [2.75, 3.05) is 4.90 Å². The smallest absolute Gasteiger partial charge is 0.227 e. The highest BCUT2D eigenvalue weighted by Gasteiger charge is 2.38. The molecule has 0 unspecified atom stereocenters. The van der Waals surface area contributed by atoms with E-state index in [4.69, 9.17) is 32.7 Å². The maximum Gasteiger partial charge on any atom is 0.227 e. The van der Waals surface area contributed by atoms with Crippen LogP contribution in [-0.4, -0.2) is 31.8 Å². The van der Waals surface area contributed by atoms with Crippen molar-refractivity contribution in [3.8, 4) is 11.1 Å². The number of carbonyl (C=O) groups excluding carboxylic acids is 1. The van der Waals surface area contributed by atoms with Gasteiger partial charge in [0, 0.05) is 23.7 Å². The van der Waals surface area contributed by atoms with Gasteiger partial charge in [0.2, 0.25) is 5.91 Å². The number of carbonyl (C=O) groups is 1. The lowest BCUT2D eigenvalue weighted by atomic mass is 9.92. The molecule has 4 aromatic rings. The summed E-state index contributed by atoms with van der Waals surface area (Å²) in [7, 11) is 0. The van der Waals surface area contributed by atoms with Gasteiger partial charge in [0.05, 0.1) is 38.9 Å². The van der Waals surface area contributed by atoms with Gasteiger partial charge in [0.25, 0.3) is 0 Å². The molecule has 9 heteroatoms. The van der Waals surface area contributed by atoms with E-state index in [1.54, 1.807) is 12.1 Å². The van der Waals surface area contributed by atoms with Crippen LogP contribution in [-0.2, 0) is 4.79 Å². The van der Waals surface area contributed by atoms with E-state index in [1.165, 1.54) is 0 Å². The number of aliphatic hydroxyl groups is 1. The Kier molecular flexibility index (Phi) is 6.25. The van der Waals surface area contributed by atoms with E-state index in [9.17, 15) is 9.90 Å². The fourth-order valence-electron chi connectivity index (χ4n) is 5.99. The fraction of sp³-hybridized carbons (Fsp3) is 0.393. The van der Waals surface area contributed by atoms with Crippen molar-refractivity contribution < 1.29 is 14.4 Å². The number of nitrogens with zero attached hydrogens (tertiary/aromatic N) is 4. The second-order valence-electron chi connectivity index (χ2n) is 10.1. The Hall–Kier alpha value is -2.87. The van der Waals surface area contributed by atoms with Crippen LogP contribution >= 0.6 is 23.2 Å². The zero-order valence-corrected chi connectivity index (χ0v) is 22.3. The zero-order valence-electron chi connectivity index (χ0n) is 20.7. The van der Waals surface area contributed by atoms with Crippen molar-refractivity contribution in [2.24, 2.45) is 0 Å². The number of hydrogen-bond acceptors (Lipinski definition) is 5. The van der Waals surface area contributed by atoms with Gasteiger partial charge in [-0.15, -0.1) is 0 Å². The monoisotopic (exact) mass is 538 g/mol. The highest BCUT2D eigenvalue weighted by Crippen LogP contribution is 2.43. The summed E-state index contributed by atoms with van der Waals surface area (Å²) in [4.78, 5) is 20.1. The molecule has 0 radical (unpaired) electrons. The quantitative estimate of drug-likeness (QED) is 0.303. The molecule has 192 valence electrons. The van der Waals surface area contributed by atoms with Crippen molar-refractivity contribution in [1.82, 2.24) is 14.7 Å². The fourth-order valence-corrected chi connectivity index (χ4v) is 6.28. The molecule has 1 aliphatic heterocycles. The van der Waals surface area contributed by atoms with Crippen LogP contribution in [0.1, 0.15) is 67.9 Å². The van der Waals surface area contributed by atoms with Gasteiger partial charge in [-0.2, -0.15) is 0 Å². The zero-order chi connectivity index (χ0) is 25.8. The average Bonchev–Trinajstić information content (AvgIpc) is 3.55. The molecule has 6 rings (SSSR count). The minimum absolute atomic E-state index is 0.0393. The summed E-state index contributed by atoms with van der Waals surface area (Å²) in [5.74, 6) is 1.67. The van der Waals surface area contributed by atoms with Gasteiger partial charge in [-0.1, -0.05) is 34.4 Å². The summed E-state index contributed by atoms with van der Waals surface area (Å²) >= 11 is 12.5. The van der Waals surface area contributed by atoms with Crippen LogP contribution in [0.4, 0.5) is 5.69 Å². The SMILES string of the molecule is Cc1noc(C)c1-c1ccc2c(c1)nc([C@@H]1CCC(=O)N1c1ccc(Cl)c(Cl)c1)n2[C@H]1CC[C@H](O)CC1. The topological polar surface area (TPSA) is 84.4 Å². The van der Waals surface area contributed by atoms with Crippen LogP contribution in [0.3, 0.4) is 0 Å². The number of hydrogen-bond donors (Lipinski definition) is 1. The van der Waals surface area contributed by atoms with Gasteiger partial charge in [-0.3, -0.25) is 4.79 Å². The number of imidazole rings is 1. The van der Waals surface area contributed by atoms with Gasteiger partial charge in [0.15, 0.2) is 0 Å². The highest BCUT2D eigenvalue weighted by molar-refractivity contribution is 6.42. The van der Waals surface area contributed by atoms with Crippen molar-refractivity contribution in [2.45, 2.75) is 70.6 Å². The molecular formula is C28H28Cl2N4O3. The lowest BCUT2D eigenvalue weighted by molar-refractivity contribution is -0.117. The molecule has 3 heterocycles. The second kappa shape index (κ2) is 9.46. The molecule has 0 bridgehead atoms. The van der Waals surface area contributed by atoms with E-state index in [0.29, 0.717) is 22.9 Å². The largest absolute Gasteiger partial charge is 0.393 e. The van der Waals surface area contributed by atoms with E-state index < -0.39 is 0 Å². The lowest BCUT2D eigenvalue weighted by Crippen LogP contribution is -2.30. The summed E-state index contributed by atoms with van der Waals surface area (Å²) in [6, 6.07) is 11.6. The summed E-state index contributed by atoms with van der Waals surface area (Å²) < 4.78 is 7.72. The second-order valence-corrected chi connectivity index (χ2v) is 10.9. The Bertz CT molecular complexity index is 1480. The Balaban J connectivity index is 1.50. The number of aromatic nitrogens is 3. The molecule has 1 saturated heterocycles. The molecule has 1 aliphatic carbocycles. The molecule has 37 heavy (non-hydrogen) atoms. The van der Waals surface area contributed by atoms with Gasteiger partial charge in [-0.05, 0) is 81.8 Å². The van der Waals surface area contributed by atoms with Gasteiger partial charge >= 0.3 is 0 Å². The highest BCUT2D eigenvalue weighted by atomic mass is 35.5. The van der Waals surface area contributed by atoms with E-state index in [-0.39, 0.29) is 24.1 Å². The first-order valence-corrected chi connectivity index (χ1v) is 13.5. The third kappa shape index (κ3) is 4.23. The van der Waals surface area contributed by atoms with Crippen LogP contribution in [0.25, 0.3) is 22.2 Å². The van der Waals surface area contributed by atoms with Crippen molar-refractivity contribution in [3.05, 3.63) is 63.7 Å². The average molecular weight is 539 g/mol. The molecule has 2 aliphatic rings. The predicted molar refractivity (Wildman–Crippen MR) is 144 cm³/mol. The van der Waals surface area contributed by atoms with Crippen molar-refractivity contribution in [3.63, 3.8) is 0 Å². The molecule has 1 saturated carbocycles. The van der Waals surface area contributed by atoms with Crippen molar-refractivity contribution >= 4 is 45.8 Å². The standard InChI is InChI=1S/C28H28Cl2N4O3/c1-15-27(16(2)37-32-15)17-3-10-24-23(13-17)31-28(34(24)18-4-7-20(35)8-5-18)25-11-12-26(36)33(25)19-6-9-21(29)22(30)14-19/h3,6,9-10,13-14,18,20,25,35H,4-5,7-8,11-12H2,1-2H3/t18-,20-,25-/m0/s1. The maximum atomic E-state index is 13.1. The number of anilines is 1. The van der Waals surface area contributed by atoms with Crippen LogP contribution < -0.4 is 4.90 Å². The molecule has 1 N–H and O–H groups in total. The molecule has 1 amide bonds. The first-order chi connectivity index (χ1) is 17.8. The third-order valence-electron chi connectivity index (χ3n) is 7.76. The summed E-state index contributed by atoms with van der Waals surface area (Å²) in [5, 5.41) is 15.2. The lowest BCUT2D eigenvalue weighted by Gasteiger charge is -2.31. The number of amides is 1. The minimum Gasteiger partial charge on any atom is -0.393 e. The summed E-state index contributed by atoms with van der Waals surface area (Å²) in [5.41, 5.74) is 5.43. The van der Waals surface area contributed by atoms with E-state index in [0.717, 1.165) is 70.8 Å². The Labute approximate surface area is 225 Å². The van der Waals surface area contributed by atoms with Crippen LogP contribution in [0.2, 0.25) is 10.0 Å². The summed E-state index contributed by atoms with van der Waals surface area (Å²) in [6.07, 6.45) is 4.05.